The van der Waals surface area contributed by atoms with Gasteiger partial charge in [-0.25, -0.2) is 8.42 Å². The number of nitrogens with two attached hydrogens (primary N) is 1. The minimum atomic E-state index is -2.78. The van der Waals surface area contributed by atoms with E-state index >= 15 is 0 Å². The molecule has 1 aliphatic carbocycles. The molecule has 2 rings (SSSR count). The Morgan fingerprint density at radius 2 is 1.74 bits per heavy atom. The summed E-state index contributed by atoms with van der Waals surface area (Å²) < 4.78 is 23.2. The Hall–Kier alpha value is -0.130. The van der Waals surface area contributed by atoms with E-state index in [4.69, 9.17) is 5.73 Å². The van der Waals surface area contributed by atoms with Gasteiger partial charge in [-0.15, -0.1) is 0 Å². The van der Waals surface area contributed by atoms with Gasteiger partial charge in [-0.1, -0.05) is 19.3 Å². The normalized spacial score (nSPS) is 27.8. The Kier molecular flexibility index (Phi) is 5.26. The van der Waals surface area contributed by atoms with Gasteiger partial charge in [0.25, 0.3) is 0 Å². The third-order valence-corrected chi connectivity index (χ3v) is 6.67. The number of sulfone groups is 1. The summed E-state index contributed by atoms with van der Waals surface area (Å²) in [5, 5.41) is 0. The summed E-state index contributed by atoms with van der Waals surface area (Å²) in [7, 11) is -2.78. The molecule has 2 aliphatic rings. The van der Waals surface area contributed by atoms with Crippen LogP contribution in [0.5, 0.6) is 0 Å². The van der Waals surface area contributed by atoms with Crippen molar-refractivity contribution in [1.82, 2.24) is 4.90 Å². The van der Waals surface area contributed by atoms with Gasteiger partial charge in [-0.2, -0.15) is 0 Å². The van der Waals surface area contributed by atoms with Crippen LogP contribution in [0.1, 0.15) is 44.9 Å². The van der Waals surface area contributed by atoms with E-state index in [1.165, 1.54) is 32.1 Å². The first kappa shape index (κ1) is 15.3. The van der Waals surface area contributed by atoms with E-state index in [9.17, 15) is 8.42 Å². The highest BCUT2D eigenvalue weighted by atomic mass is 32.2. The van der Waals surface area contributed by atoms with E-state index in [1.54, 1.807) is 0 Å². The summed E-state index contributed by atoms with van der Waals surface area (Å²) in [4.78, 5) is 2.33. The van der Waals surface area contributed by atoms with Crippen LogP contribution in [0.3, 0.4) is 0 Å². The SMILES string of the molecule is NCC1(CCN2CCCS(=O)(=O)CC2)CCCCC1. The molecule has 4 nitrogen and oxygen atoms in total. The predicted molar refractivity (Wildman–Crippen MR) is 78.9 cm³/mol. The highest BCUT2D eigenvalue weighted by Gasteiger charge is 2.31. The first-order chi connectivity index (χ1) is 9.05. The van der Waals surface area contributed by atoms with Crippen molar-refractivity contribution in [3.8, 4) is 0 Å². The topological polar surface area (TPSA) is 63.4 Å². The van der Waals surface area contributed by atoms with Crippen LogP contribution in [0.2, 0.25) is 0 Å². The average Bonchev–Trinajstić information content (AvgIpc) is 2.59. The summed E-state index contributed by atoms with van der Waals surface area (Å²) in [6, 6.07) is 0. The summed E-state index contributed by atoms with van der Waals surface area (Å²) in [5.74, 6) is 0.703. The maximum Gasteiger partial charge on any atom is 0.151 e. The van der Waals surface area contributed by atoms with Crippen molar-refractivity contribution in [2.45, 2.75) is 44.9 Å². The second-order valence-corrected chi connectivity index (χ2v) is 8.67. The predicted octanol–water partition coefficient (Wildman–Crippen LogP) is 1.41. The van der Waals surface area contributed by atoms with E-state index in [2.05, 4.69) is 4.90 Å². The molecule has 1 saturated heterocycles. The van der Waals surface area contributed by atoms with E-state index in [-0.39, 0.29) is 0 Å². The third-order valence-electron chi connectivity index (χ3n) is 4.95. The van der Waals surface area contributed by atoms with Gasteiger partial charge in [0.2, 0.25) is 0 Å². The molecule has 0 amide bonds. The van der Waals surface area contributed by atoms with Gasteiger partial charge in [0.15, 0.2) is 9.84 Å². The van der Waals surface area contributed by atoms with Gasteiger partial charge in [-0.05, 0) is 50.7 Å². The molecule has 112 valence electrons. The molecule has 0 bridgehead atoms. The fourth-order valence-corrected chi connectivity index (χ4v) is 4.78. The van der Waals surface area contributed by atoms with E-state index in [0.29, 0.717) is 23.5 Å². The summed E-state index contributed by atoms with van der Waals surface area (Å²) >= 11 is 0. The molecule has 0 unspecified atom stereocenters. The Balaban J connectivity index is 1.83. The second-order valence-electron chi connectivity index (χ2n) is 6.36. The lowest BCUT2D eigenvalue weighted by molar-refractivity contribution is 0.150. The molecule has 0 aromatic carbocycles. The van der Waals surface area contributed by atoms with Gasteiger partial charge in [0, 0.05) is 6.54 Å². The molecule has 19 heavy (non-hydrogen) atoms. The van der Waals surface area contributed by atoms with Crippen molar-refractivity contribution in [2.75, 3.05) is 37.7 Å². The fourth-order valence-electron chi connectivity index (χ4n) is 3.47. The van der Waals surface area contributed by atoms with Crippen LogP contribution in [-0.2, 0) is 9.84 Å². The monoisotopic (exact) mass is 288 g/mol. The lowest BCUT2D eigenvalue weighted by Crippen LogP contribution is -2.38. The molecule has 1 saturated carbocycles. The minimum absolute atomic E-state index is 0.336. The van der Waals surface area contributed by atoms with Crippen molar-refractivity contribution in [1.29, 1.82) is 0 Å². The zero-order valence-electron chi connectivity index (χ0n) is 11.9. The van der Waals surface area contributed by atoms with E-state index in [1.807, 2.05) is 0 Å². The van der Waals surface area contributed by atoms with E-state index in [0.717, 1.165) is 32.5 Å². The maximum absolute atomic E-state index is 11.6. The molecule has 1 aliphatic heterocycles. The number of hydrogen-bond acceptors (Lipinski definition) is 4. The molecule has 5 heteroatoms. The van der Waals surface area contributed by atoms with Crippen LogP contribution in [-0.4, -0.2) is 51.0 Å². The van der Waals surface area contributed by atoms with Crippen LogP contribution in [0.4, 0.5) is 0 Å². The first-order valence-corrected chi connectivity index (χ1v) is 9.50. The second kappa shape index (κ2) is 6.55. The highest BCUT2D eigenvalue weighted by Crippen LogP contribution is 2.38. The molecule has 0 atom stereocenters. The van der Waals surface area contributed by atoms with Gasteiger partial charge >= 0.3 is 0 Å². The van der Waals surface area contributed by atoms with Crippen molar-refractivity contribution in [3.63, 3.8) is 0 Å². The van der Waals surface area contributed by atoms with Crippen LogP contribution >= 0.6 is 0 Å². The molecular formula is C14H28N2O2S. The molecule has 2 N–H and O–H groups in total. The quantitative estimate of drug-likeness (QED) is 0.849. The Morgan fingerprint density at radius 3 is 2.42 bits per heavy atom. The van der Waals surface area contributed by atoms with Gasteiger partial charge in [0.05, 0.1) is 11.5 Å². The van der Waals surface area contributed by atoms with Crippen LogP contribution in [0.25, 0.3) is 0 Å². The number of nitrogens with zero attached hydrogens (tertiary/aromatic N) is 1. The first-order valence-electron chi connectivity index (χ1n) is 7.68. The van der Waals surface area contributed by atoms with Crippen molar-refractivity contribution in [2.24, 2.45) is 11.1 Å². The van der Waals surface area contributed by atoms with Crippen LogP contribution in [0, 0.1) is 5.41 Å². The summed E-state index contributed by atoms with van der Waals surface area (Å²) in [5.41, 5.74) is 6.35. The molecular weight excluding hydrogens is 260 g/mol. The lowest BCUT2D eigenvalue weighted by atomic mass is 9.72. The van der Waals surface area contributed by atoms with Gasteiger partial charge in [0.1, 0.15) is 0 Å². The fraction of sp³-hybridized carbons (Fsp3) is 1.00. The van der Waals surface area contributed by atoms with Crippen molar-refractivity contribution >= 4 is 9.84 Å². The van der Waals surface area contributed by atoms with Gasteiger partial charge < -0.3 is 10.6 Å². The maximum atomic E-state index is 11.6. The van der Waals surface area contributed by atoms with Crippen LogP contribution < -0.4 is 5.73 Å². The minimum Gasteiger partial charge on any atom is -0.330 e. The standard InChI is InChI=1S/C14H28N2O2S/c15-13-14(5-2-1-3-6-14)7-9-16-8-4-11-19(17,18)12-10-16/h1-13,15H2. The molecule has 0 radical (unpaired) electrons. The zero-order chi connectivity index (χ0) is 13.8. The van der Waals surface area contributed by atoms with Gasteiger partial charge in [-0.3, -0.25) is 0 Å². The zero-order valence-corrected chi connectivity index (χ0v) is 12.8. The Bertz CT molecular complexity index is 375. The van der Waals surface area contributed by atoms with Crippen LogP contribution in [0.15, 0.2) is 0 Å². The molecule has 2 fully saturated rings. The molecule has 0 aromatic rings. The summed E-state index contributed by atoms with van der Waals surface area (Å²) in [6.45, 7) is 3.45. The lowest BCUT2D eigenvalue weighted by Gasteiger charge is -2.37. The third kappa shape index (κ3) is 4.43. The number of hydrogen-bond donors (Lipinski definition) is 1. The smallest absolute Gasteiger partial charge is 0.151 e. The Labute approximate surface area is 117 Å². The van der Waals surface area contributed by atoms with E-state index < -0.39 is 9.84 Å². The van der Waals surface area contributed by atoms with Crippen molar-refractivity contribution in [3.05, 3.63) is 0 Å². The largest absolute Gasteiger partial charge is 0.330 e. The summed E-state index contributed by atoms with van der Waals surface area (Å²) in [6.07, 6.45) is 8.42. The molecule has 1 heterocycles. The molecule has 0 spiro atoms. The average molecular weight is 288 g/mol. The van der Waals surface area contributed by atoms with Crippen molar-refractivity contribution < 1.29 is 8.42 Å². The molecule has 0 aromatic heterocycles. The Morgan fingerprint density at radius 1 is 1.00 bits per heavy atom. The highest BCUT2D eigenvalue weighted by molar-refractivity contribution is 7.91. The number of rotatable bonds is 4.